The van der Waals surface area contributed by atoms with E-state index in [9.17, 15) is 10.1 Å². The first-order valence-corrected chi connectivity index (χ1v) is 8.07. The fourth-order valence-electron chi connectivity index (χ4n) is 2.17. The van der Waals surface area contributed by atoms with Gasteiger partial charge in [-0.15, -0.1) is 0 Å². The Kier molecular flexibility index (Phi) is 8.52. The molecule has 1 aromatic carbocycles. The van der Waals surface area contributed by atoms with Gasteiger partial charge in [0.2, 0.25) is 0 Å². The molecule has 0 aliphatic heterocycles. The van der Waals surface area contributed by atoms with Crippen molar-refractivity contribution in [1.29, 1.82) is 5.26 Å². The zero-order chi connectivity index (χ0) is 17.1. The molecule has 0 N–H and O–H groups in total. The molecular formula is C19H25NO3. The second-order valence-corrected chi connectivity index (χ2v) is 5.46. The van der Waals surface area contributed by atoms with Crippen LogP contribution in [0.15, 0.2) is 29.8 Å². The molecule has 0 radical (unpaired) electrons. The van der Waals surface area contributed by atoms with Gasteiger partial charge in [0.25, 0.3) is 0 Å². The molecule has 0 aromatic heterocycles. The molecule has 0 heterocycles. The molecule has 0 spiro atoms. The van der Waals surface area contributed by atoms with Crippen molar-refractivity contribution in [2.45, 2.75) is 39.5 Å². The monoisotopic (exact) mass is 315 g/mol. The van der Waals surface area contributed by atoms with E-state index in [0.29, 0.717) is 12.5 Å². The van der Waals surface area contributed by atoms with E-state index in [1.54, 1.807) is 31.4 Å². The van der Waals surface area contributed by atoms with Gasteiger partial charge in [0.05, 0.1) is 13.7 Å². The minimum atomic E-state index is -0.557. The van der Waals surface area contributed by atoms with Crippen molar-refractivity contribution in [2.75, 3.05) is 13.7 Å². The van der Waals surface area contributed by atoms with E-state index in [1.165, 1.54) is 6.08 Å². The van der Waals surface area contributed by atoms with Gasteiger partial charge >= 0.3 is 5.97 Å². The smallest absolute Gasteiger partial charge is 0.348 e. The molecule has 0 amide bonds. The molecule has 4 heteroatoms. The standard InChI is InChI=1S/C19H25NO3/c1-4-6-7-15(5-2)14-23-19(21)17(13-20)12-16-8-10-18(22-3)11-9-16/h8-12,15H,4-7,14H2,1-3H3/b17-12+/t15-/m1/s1. The van der Waals surface area contributed by atoms with Gasteiger partial charge in [0.1, 0.15) is 17.4 Å². The number of nitrogens with zero attached hydrogens (tertiary/aromatic N) is 1. The molecule has 4 nitrogen and oxygen atoms in total. The van der Waals surface area contributed by atoms with Crippen LogP contribution in [-0.2, 0) is 9.53 Å². The first-order valence-electron chi connectivity index (χ1n) is 8.07. The van der Waals surface area contributed by atoms with Gasteiger partial charge in [-0.2, -0.15) is 5.26 Å². The lowest BCUT2D eigenvalue weighted by Gasteiger charge is -2.14. The number of benzene rings is 1. The van der Waals surface area contributed by atoms with Gasteiger partial charge < -0.3 is 9.47 Å². The molecular weight excluding hydrogens is 290 g/mol. The fraction of sp³-hybridized carbons (Fsp3) is 0.474. The van der Waals surface area contributed by atoms with Crippen LogP contribution in [0.2, 0.25) is 0 Å². The molecule has 0 aliphatic carbocycles. The molecule has 1 aromatic rings. The van der Waals surface area contributed by atoms with Crippen LogP contribution in [0.3, 0.4) is 0 Å². The molecule has 0 bridgehead atoms. The van der Waals surface area contributed by atoms with Crippen molar-refractivity contribution in [3.8, 4) is 11.8 Å². The van der Waals surface area contributed by atoms with Crippen LogP contribution in [0, 0.1) is 17.2 Å². The van der Waals surface area contributed by atoms with Gasteiger partial charge in [0, 0.05) is 0 Å². The minimum Gasteiger partial charge on any atom is -0.497 e. The van der Waals surface area contributed by atoms with E-state index in [0.717, 1.165) is 37.0 Å². The number of carbonyl (C=O) groups is 1. The summed E-state index contributed by atoms with van der Waals surface area (Å²) in [4.78, 5) is 12.1. The van der Waals surface area contributed by atoms with Gasteiger partial charge in [-0.1, -0.05) is 45.2 Å². The quantitative estimate of drug-likeness (QED) is 0.386. The summed E-state index contributed by atoms with van der Waals surface area (Å²) in [6, 6.07) is 9.07. The Labute approximate surface area is 138 Å². The van der Waals surface area contributed by atoms with E-state index in [4.69, 9.17) is 9.47 Å². The number of rotatable bonds is 9. The second kappa shape index (κ2) is 10.4. The summed E-state index contributed by atoms with van der Waals surface area (Å²) in [7, 11) is 1.59. The third-order valence-electron chi connectivity index (χ3n) is 3.76. The summed E-state index contributed by atoms with van der Waals surface area (Å²) in [5, 5.41) is 9.18. The molecule has 1 rings (SSSR count). The first kappa shape index (κ1) is 18.8. The van der Waals surface area contributed by atoms with Gasteiger partial charge in [-0.3, -0.25) is 0 Å². The highest BCUT2D eigenvalue weighted by molar-refractivity contribution is 5.97. The largest absolute Gasteiger partial charge is 0.497 e. The van der Waals surface area contributed by atoms with Crippen LogP contribution < -0.4 is 4.74 Å². The maximum Gasteiger partial charge on any atom is 0.348 e. The number of hydrogen-bond acceptors (Lipinski definition) is 4. The number of ether oxygens (including phenoxy) is 2. The predicted octanol–water partition coefficient (Wildman–Crippen LogP) is 4.36. The summed E-state index contributed by atoms with van der Waals surface area (Å²) >= 11 is 0. The number of carbonyl (C=O) groups excluding carboxylic acids is 1. The van der Waals surface area contributed by atoms with Crippen molar-refractivity contribution in [2.24, 2.45) is 5.92 Å². The SMILES string of the molecule is CCCC[C@@H](CC)COC(=O)/C(C#N)=C/c1ccc(OC)cc1. The van der Waals surface area contributed by atoms with Gasteiger partial charge in [-0.05, 0) is 36.1 Å². The van der Waals surface area contributed by atoms with E-state index in [1.807, 2.05) is 6.07 Å². The Morgan fingerprint density at radius 3 is 2.52 bits per heavy atom. The number of unbranched alkanes of at least 4 members (excludes halogenated alkanes) is 1. The third kappa shape index (κ3) is 6.56. The van der Waals surface area contributed by atoms with Gasteiger partial charge in [0.15, 0.2) is 0 Å². The highest BCUT2D eigenvalue weighted by Gasteiger charge is 2.14. The Hall–Kier alpha value is -2.28. The van der Waals surface area contributed by atoms with Crippen LogP contribution in [0.25, 0.3) is 6.08 Å². The summed E-state index contributed by atoms with van der Waals surface area (Å²) in [6.45, 7) is 4.60. The first-order chi connectivity index (χ1) is 11.1. The molecule has 1 atom stereocenters. The number of esters is 1. The number of hydrogen-bond donors (Lipinski definition) is 0. The van der Waals surface area contributed by atoms with E-state index in [-0.39, 0.29) is 5.57 Å². The van der Waals surface area contributed by atoms with Crippen molar-refractivity contribution in [1.82, 2.24) is 0 Å². The Balaban J connectivity index is 2.66. The molecule has 0 unspecified atom stereocenters. The van der Waals surface area contributed by atoms with Crippen LogP contribution in [0.4, 0.5) is 0 Å². The Bertz CT molecular complexity index is 555. The predicted molar refractivity (Wildman–Crippen MR) is 90.8 cm³/mol. The average molecular weight is 315 g/mol. The van der Waals surface area contributed by atoms with Crippen LogP contribution in [0.5, 0.6) is 5.75 Å². The molecule has 0 saturated heterocycles. The zero-order valence-electron chi connectivity index (χ0n) is 14.2. The fourth-order valence-corrected chi connectivity index (χ4v) is 2.17. The molecule has 23 heavy (non-hydrogen) atoms. The lowest BCUT2D eigenvalue weighted by Crippen LogP contribution is -2.14. The number of nitriles is 1. The second-order valence-electron chi connectivity index (χ2n) is 5.46. The highest BCUT2D eigenvalue weighted by atomic mass is 16.5. The normalized spacial score (nSPS) is 12.3. The minimum absolute atomic E-state index is 0.0144. The van der Waals surface area contributed by atoms with Crippen molar-refractivity contribution < 1.29 is 14.3 Å². The summed E-state index contributed by atoms with van der Waals surface area (Å²) < 4.78 is 10.4. The summed E-state index contributed by atoms with van der Waals surface area (Å²) in [6.07, 6.45) is 5.81. The lowest BCUT2D eigenvalue weighted by atomic mass is 10.0. The van der Waals surface area contributed by atoms with Crippen molar-refractivity contribution in [3.05, 3.63) is 35.4 Å². The van der Waals surface area contributed by atoms with Crippen LogP contribution in [0.1, 0.15) is 45.1 Å². The maximum atomic E-state index is 12.1. The summed E-state index contributed by atoms with van der Waals surface area (Å²) in [5.41, 5.74) is 0.776. The van der Waals surface area contributed by atoms with Gasteiger partial charge in [-0.25, -0.2) is 4.79 Å². The maximum absolute atomic E-state index is 12.1. The Morgan fingerprint density at radius 1 is 1.30 bits per heavy atom. The van der Waals surface area contributed by atoms with E-state index in [2.05, 4.69) is 13.8 Å². The van der Waals surface area contributed by atoms with Crippen molar-refractivity contribution >= 4 is 12.0 Å². The average Bonchev–Trinajstić information content (AvgIpc) is 2.60. The third-order valence-corrected chi connectivity index (χ3v) is 3.76. The topological polar surface area (TPSA) is 59.3 Å². The Morgan fingerprint density at radius 2 is 2.00 bits per heavy atom. The van der Waals surface area contributed by atoms with Crippen LogP contribution in [-0.4, -0.2) is 19.7 Å². The lowest BCUT2D eigenvalue weighted by molar-refractivity contribution is -0.139. The van der Waals surface area contributed by atoms with E-state index < -0.39 is 5.97 Å². The van der Waals surface area contributed by atoms with Crippen LogP contribution >= 0.6 is 0 Å². The molecule has 0 fully saturated rings. The summed E-state index contributed by atoms with van der Waals surface area (Å²) in [5.74, 6) is 0.531. The molecule has 124 valence electrons. The van der Waals surface area contributed by atoms with Crippen molar-refractivity contribution in [3.63, 3.8) is 0 Å². The number of methoxy groups -OCH3 is 1. The zero-order valence-corrected chi connectivity index (χ0v) is 14.2. The van der Waals surface area contributed by atoms with E-state index >= 15 is 0 Å². The molecule has 0 saturated carbocycles. The molecule has 0 aliphatic rings. The highest BCUT2D eigenvalue weighted by Crippen LogP contribution is 2.16.